The highest BCUT2D eigenvalue weighted by Crippen LogP contribution is 2.46. The Morgan fingerprint density at radius 3 is 2.00 bits per heavy atom. The molecular formula is C18H26ClNO4S. The Kier molecular flexibility index (Phi) is 4.97. The van der Waals surface area contributed by atoms with E-state index in [-0.39, 0.29) is 0 Å². The molecule has 1 saturated carbocycles. The lowest BCUT2D eigenvalue weighted by molar-refractivity contribution is -0.186. The Morgan fingerprint density at radius 1 is 1.00 bits per heavy atom. The molecule has 0 bridgehead atoms. The molecule has 1 aromatic carbocycles. The van der Waals surface area contributed by atoms with E-state index >= 15 is 0 Å². The van der Waals surface area contributed by atoms with E-state index in [0.717, 1.165) is 5.56 Å². The predicted molar refractivity (Wildman–Crippen MR) is 98.0 cm³/mol. The Balaban J connectivity index is 1.94. The number of benzene rings is 1. The number of halogens is 1. The molecule has 140 valence electrons. The quantitative estimate of drug-likeness (QED) is 0.861. The summed E-state index contributed by atoms with van der Waals surface area (Å²) in [5.74, 6) is -0.552. The van der Waals surface area contributed by atoms with Gasteiger partial charge in [-0.25, -0.2) is 13.1 Å². The van der Waals surface area contributed by atoms with Gasteiger partial charge in [0.05, 0.1) is 23.5 Å². The third-order valence-electron chi connectivity index (χ3n) is 5.21. The first-order valence-corrected chi connectivity index (χ1v) is 10.5. The summed E-state index contributed by atoms with van der Waals surface area (Å²) in [6, 6.07) is 7.41. The average molecular weight is 388 g/mol. The van der Waals surface area contributed by atoms with Gasteiger partial charge in [-0.05, 0) is 51.3 Å². The Bertz CT molecular complexity index is 708. The van der Waals surface area contributed by atoms with E-state index in [1.165, 1.54) is 0 Å². The third-order valence-corrected chi connectivity index (χ3v) is 7.74. The number of nitrogens with one attached hydrogen (secondary N) is 1. The summed E-state index contributed by atoms with van der Waals surface area (Å²) in [7, 11) is -3.51. The van der Waals surface area contributed by atoms with Gasteiger partial charge in [0.25, 0.3) is 0 Å². The van der Waals surface area contributed by atoms with Crippen LogP contribution in [0.3, 0.4) is 0 Å². The van der Waals surface area contributed by atoms with Crippen molar-refractivity contribution in [3.05, 3.63) is 34.9 Å². The van der Waals surface area contributed by atoms with Crippen molar-refractivity contribution in [1.82, 2.24) is 4.72 Å². The van der Waals surface area contributed by atoms with E-state index in [0.29, 0.717) is 43.9 Å². The summed E-state index contributed by atoms with van der Waals surface area (Å²) in [6.45, 7) is 6.32. The SMILES string of the molecule is CC(C)(C)S(=O)(=O)NC1(c2ccc(Cl)cc2)CCC2(CC1)OCCO2. The molecule has 1 aromatic rings. The average Bonchev–Trinajstić information content (AvgIpc) is 2.98. The van der Waals surface area contributed by atoms with Crippen LogP contribution in [0.2, 0.25) is 5.02 Å². The van der Waals surface area contributed by atoms with Gasteiger partial charge in [-0.1, -0.05) is 23.7 Å². The standard InChI is InChI=1S/C18H26ClNO4S/c1-16(2,3)25(21,22)20-17(14-4-6-15(19)7-5-14)8-10-18(11-9-17)23-12-13-24-18/h4-7,20H,8-13H2,1-3H3. The molecule has 1 spiro atoms. The van der Waals surface area contributed by atoms with Crippen molar-refractivity contribution in [3.8, 4) is 0 Å². The summed E-state index contributed by atoms with van der Waals surface area (Å²) in [5.41, 5.74) is 0.259. The van der Waals surface area contributed by atoms with Crippen LogP contribution >= 0.6 is 11.6 Å². The molecule has 1 aliphatic carbocycles. The van der Waals surface area contributed by atoms with Gasteiger partial charge in [-0.3, -0.25) is 0 Å². The molecule has 1 N–H and O–H groups in total. The number of rotatable bonds is 3. The second-order valence-corrected chi connectivity index (χ2v) is 10.8. The summed E-state index contributed by atoms with van der Waals surface area (Å²) in [4.78, 5) is 0. The molecule has 5 nitrogen and oxygen atoms in total. The van der Waals surface area contributed by atoms with Gasteiger partial charge in [-0.2, -0.15) is 0 Å². The van der Waals surface area contributed by atoms with Gasteiger partial charge in [0.15, 0.2) is 5.79 Å². The van der Waals surface area contributed by atoms with Crippen LogP contribution in [0.1, 0.15) is 52.0 Å². The smallest absolute Gasteiger partial charge is 0.217 e. The van der Waals surface area contributed by atoms with Gasteiger partial charge in [0.1, 0.15) is 0 Å². The van der Waals surface area contributed by atoms with Gasteiger partial charge in [-0.15, -0.1) is 0 Å². The first kappa shape index (κ1) is 19.1. The molecule has 0 amide bonds. The first-order valence-electron chi connectivity index (χ1n) is 8.65. The van der Waals surface area contributed by atoms with Crippen LogP contribution in [-0.2, 0) is 25.0 Å². The molecule has 1 heterocycles. The van der Waals surface area contributed by atoms with Gasteiger partial charge < -0.3 is 9.47 Å². The first-order chi connectivity index (χ1) is 11.6. The second-order valence-electron chi connectivity index (χ2n) is 7.91. The lowest BCUT2D eigenvalue weighted by atomic mass is 9.75. The molecule has 2 fully saturated rings. The molecule has 7 heteroatoms. The monoisotopic (exact) mass is 387 g/mol. The maximum absolute atomic E-state index is 12.9. The van der Waals surface area contributed by atoms with E-state index in [9.17, 15) is 8.42 Å². The normalized spacial score (nSPS) is 23.0. The van der Waals surface area contributed by atoms with E-state index < -0.39 is 26.1 Å². The molecular weight excluding hydrogens is 362 g/mol. The van der Waals surface area contributed by atoms with E-state index in [1.54, 1.807) is 32.9 Å². The van der Waals surface area contributed by atoms with E-state index in [2.05, 4.69) is 4.72 Å². The van der Waals surface area contributed by atoms with Crippen molar-refractivity contribution < 1.29 is 17.9 Å². The maximum atomic E-state index is 12.9. The van der Waals surface area contributed by atoms with Crippen LogP contribution in [0.25, 0.3) is 0 Å². The lowest BCUT2D eigenvalue weighted by Gasteiger charge is -2.45. The van der Waals surface area contributed by atoms with Crippen LogP contribution in [-0.4, -0.2) is 32.2 Å². The van der Waals surface area contributed by atoms with Crippen molar-refractivity contribution >= 4 is 21.6 Å². The molecule has 0 atom stereocenters. The highest BCUT2D eigenvalue weighted by molar-refractivity contribution is 7.90. The molecule has 0 aromatic heterocycles. The zero-order chi connectivity index (χ0) is 18.3. The van der Waals surface area contributed by atoms with Crippen molar-refractivity contribution in [1.29, 1.82) is 0 Å². The summed E-state index contributed by atoms with van der Waals surface area (Å²) < 4.78 is 39.5. The third kappa shape index (κ3) is 3.74. The van der Waals surface area contributed by atoms with Crippen LogP contribution < -0.4 is 4.72 Å². The molecule has 25 heavy (non-hydrogen) atoms. The number of hydrogen-bond acceptors (Lipinski definition) is 4. The maximum Gasteiger partial charge on any atom is 0.217 e. The van der Waals surface area contributed by atoms with Gasteiger partial charge >= 0.3 is 0 Å². The minimum Gasteiger partial charge on any atom is -0.348 e. The summed E-state index contributed by atoms with van der Waals surface area (Å²) >= 11 is 6.02. The lowest BCUT2D eigenvalue weighted by Crippen LogP contribution is -2.55. The topological polar surface area (TPSA) is 64.6 Å². The summed E-state index contributed by atoms with van der Waals surface area (Å²) in [5, 5.41) is 0.632. The van der Waals surface area contributed by atoms with Crippen molar-refractivity contribution in [2.24, 2.45) is 0 Å². The largest absolute Gasteiger partial charge is 0.348 e. The van der Waals surface area contributed by atoms with E-state index in [1.807, 2.05) is 12.1 Å². The fraction of sp³-hybridized carbons (Fsp3) is 0.667. The molecule has 1 saturated heterocycles. The van der Waals surface area contributed by atoms with Crippen molar-refractivity contribution in [2.75, 3.05) is 13.2 Å². The number of sulfonamides is 1. The number of ether oxygens (including phenoxy) is 2. The van der Waals surface area contributed by atoms with Crippen LogP contribution in [0.15, 0.2) is 24.3 Å². The highest BCUT2D eigenvalue weighted by atomic mass is 35.5. The minimum atomic E-state index is -3.51. The fourth-order valence-electron chi connectivity index (χ4n) is 3.47. The fourth-order valence-corrected chi connectivity index (χ4v) is 4.74. The Morgan fingerprint density at radius 2 is 1.52 bits per heavy atom. The van der Waals surface area contributed by atoms with Crippen LogP contribution in [0.5, 0.6) is 0 Å². The molecule has 2 aliphatic rings. The Labute approximate surface area is 155 Å². The van der Waals surface area contributed by atoms with Crippen LogP contribution in [0.4, 0.5) is 0 Å². The molecule has 1 aliphatic heterocycles. The highest BCUT2D eigenvalue weighted by Gasteiger charge is 2.49. The number of hydrogen-bond donors (Lipinski definition) is 1. The van der Waals surface area contributed by atoms with Crippen molar-refractivity contribution in [2.45, 2.75) is 62.5 Å². The van der Waals surface area contributed by atoms with E-state index in [4.69, 9.17) is 21.1 Å². The zero-order valence-corrected chi connectivity index (χ0v) is 16.5. The molecule has 3 rings (SSSR count). The molecule has 0 radical (unpaired) electrons. The Hall–Kier alpha value is -0.660. The van der Waals surface area contributed by atoms with Crippen molar-refractivity contribution in [3.63, 3.8) is 0 Å². The summed E-state index contributed by atoms with van der Waals surface area (Å²) in [6.07, 6.45) is 2.54. The minimum absolute atomic E-state index is 0.552. The van der Waals surface area contributed by atoms with Gasteiger partial charge in [0, 0.05) is 17.9 Å². The second kappa shape index (κ2) is 6.50. The zero-order valence-electron chi connectivity index (χ0n) is 15.0. The van der Waals surface area contributed by atoms with Gasteiger partial charge in [0.2, 0.25) is 10.0 Å². The predicted octanol–water partition coefficient (Wildman–Crippen LogP) is 3.57. The van der Waals surface area contributed by atoms with Crippen LogP contribution in [0, 0.1) is 0 Å². The molecule has 0 unspecified atom stereocenters.